The fourth-order valence-electron chi connectivity index (χ4n) is 1.41. The Morgan fingerprint density at radius 3 is 2.62 bits per heavy atom. The molecule has 7 nitrogen and oxygen atoms in total. The highest BCUT2D eigenvalue weighted by Gasteiger charge is 2.17. The first-order chi connectivity index (χ1) is 9.88. The summed E-state index contributed by atoms with van der Waals surface area (Å²) in [6.07, 6.45) is 1.42. The van der Waals surface area contributed by atoms with E-state index in [9.17, 15) is 14.9 Å². The molecule has 0 aliphatic heterocycles. The van der Waals surface area contributed by atoms with E-state index >= 15 is 0 Å². The van der Waals surface area contributed by atoms with Crippen molar-refractivity contribution in [3.8, 4) is 0 Å². The van der Waals surface area contributed by atoms with Crippen LogP contribution >= 0.6 is 47.8 Å². The number of benzene rings is 1. The average molecular weight is 481 g/mol. The van der Waals surface area contributed by atoms with Gasteiger partial charge in [-0.05, 0) is 53.9 Å². The van der Waals surface area contributed by atoms with Gasteiger partial charge in [0.05, 0.1) is 16.7 Å². The summed E-state index contributed by atoms with van der Waals surface area (Å²) in [5.41, 5.74) is -0.0508. The molecule has 108 valence electrons. The largest absolute Gasteiger partial charge is 0.304 e. The third kappa shape index (κ3) is 3.83. The number of nitro benzene ring substituents is 1. The Labute approximate surface area is 143 Å². The Kier molecular flexibility index (Phi) is 5.01. The number of amides is 1. The number of halogens is 3. The van der Waals surface area contributed by atoms with E-state index in [0.717, 1.165) is 0 Å². The predicted molar refractivity (Wildman–Crippen MR) is 86.2 cm³/mol. The van der Waals surface area contributed by atoms with Crippen LogP contribution in [0.15, 0.2) is 38.1 Å². The van der Waals surface area contributed by atoms with Crippen LogP contribution in [0, 0.1) is 10.1 Å². The fourth-order valence-corrected chi connectivity index (χ4v) is 2.74. The minimum Gasteiger partial charge on any atom is -0.304 e. The molecule has 0 aliphatic carbocycles. The van der Waals surface area contributed by atoms with E-state index in [0.29, 0.717) is 13.7 Å². The molecule has 0 saturated heterocycles. The van der Waals surface area contributed by atoms with Gasteiger partial charge in [-0.1, -0.05) is 0 Å². The number of nitrogens with zero attached hydrogens (tertiary/aromatic N) is 3. The number of aromatic nitrogens is 2. The third-order valence-corrected chi connectivity index (χ3v) is 3.96. The number of hydrogen-bond acceptors (Lipinski definition) is 5. The molecule has 21 heavy (non-hydrogen) atoms. The lowest BCUT2D eigenvalue weighted by atomic mass is 10.2. The van der Waals surface area contributed by atoms with Gasteiger partial charge in [-0.25, -0.2) is 9.97 Å². The maximum absolute atomic E-state index is 12.2. The zero-order chi connectivity index (χ0) is 15.6. The van der Waals surface area contributed by atoms with E-state index in [1.54, 1.807) is 0 Å². The quantitative estimate of drug-likeness (QED) is 0.530. The van der Waals surface area contributed by atoms with Gasteiger partial charge in [0, 0.05) is 16.6 Å². The number of hydrogen-bond donors (Lipinski definition) is 1. The lowest BCUT2D eigenvalue weighted by Gasteiger charge is -2.07. The normalized spacial score (nSPS) is 10.2. The van der Waals surface area contributed by atoms with Gasteiger partial charge in [-0.2, -0.15) is 0 Å². The van der Waals surface area contributed by atoms with Crippen LogP contribution in [0.4, 0.5) is 11.5 Å². The summed E-state index contributed by atoms with van der Waals surface area (Å²) in [5.74, 6) is -0.329. The van der Waals surface area contributed by atoms with Gasteiger partial charge in [0.25, 0.3) is 11.6 Å². The van der Waals surface area contributed by atoms with Crippen molar-refractivity contribution in [1.82, 2.24) is 9.97 Å². The predicted octanol–water partition coefficient (Wildman–Crippen LogP) is 3.92. The van der Waals surface area contributed by atoms with Gasteiger partial charge in [0.2, 0.25) is 0 Å². The highest BCUT2D eigenvalue weighted by atomic mass is 79.9. The van der Waals surface area contributed by atoms with Gasteiger partial charge in [0.15, 0.2) is 5.82 Å². The van der Waals surface area contributed by atoms with Crippen LogP contribution in [0.2, 0.25) is 0 Å². The molecule has 0 bridgehead atoms. The van der Waals surface area contributed by atoms with E-state index in [1.807, 2.05) is 0 Å². The van der Waals surface area contributed by atoms with Gasteiger partial charge in [0.1, 0.15) is 9.21 Å². The number of nitrogens with one attached hydrogen (secondary N) is 1. The smallest absolute Gasteiger partial charge is 0.270 e. The Balaban J connectivity index is 2.32. The zero-order valence-electron chi connectivity index (χ0n) is 10.0. The standard InChI is InChI=1S/C11H5Br3N4O3/c12-7-2-1-5(18(20)21)3-6(7)11(19)17-10-9(14)16-8(13)4-15-10/h1-4H,(H,15,17,19). The Morgan fingerprint density at radius 2 is 2.00 bits per heavy atom. The lowest BCUT2D eigenvalue weighted by molar-refractivity contribution is -0.384. The van der Waals surface area contributed by atoms with Gasteiger partial charge < -0.3 is 5.32 Å². The number of carbonyl (C=O) groups excluding carboxylic acids is 1. The molecule has 0 atom stereocenters. The number of rotatable bonds is 3. The maximum atomic E-state index is 12.2. The molecule has 0 saturated carbocycles. The van der Waals surface area contributed by atoms with Crippen molar-refractivity contribution >= 4 is 65.2 Å². The van der Waals surface area contributed by atoms with Crippen LogP contribution in [0.5, 0.6) is 0 Å². The van der Waals surface area contributed by atoms with E-state index in [2.05, 4.69) is 63.1 Å². The summed E-state index contributed by atoms with van der Waals surface area (Å²) in [5, 5.41) is 13.3. The van der Waals surface area contributed by atoms with Crippen molar-refractivity contribution in [2.24, 2.45) is 0 Å². The summed E-state index contributed by atoms with van der Waals surface area (Å²) < 4.78 is 1.28. The maximum Gasteiger partial charge on any atom is 0.270 e. The van der Waals surface area contributed by atoms with E-state index in [4.69, 9.17) is 0 Å². The molecular weight excluding hydrogens is 476 g/mol. The molecule has 0 fully saturated rings. The topological polar surface area (TPSA) is 98.0 Å². The molecule has 1 aromatic carbocycles. The highest BCUT2D eigenvalue weighted by Crippen LogP contribution is 2.25. The first-order valence-electron chi connectivity index (χ1n) is 5.32. The van der Waals surface area contributed by atoms with E-state index in [-0.39, 0.29) is 17.1 Å². The van der Waals surface area contributed by atoms with Crippen molar-refractivity contribution in [3.63, 3.8) is 0 Å². The highest BCUT2D eigenvalue weighted by molar-refractivity contribution is 9.11. The molecule has 0 aliphatic rings. The monoisotopic (exact) mass is 478 g/mol. The van der Waals surface area contributed by atoms with Crippen LogP contribution in [-0.4, -0.2) is 20.8 Å². The van der Waals surface area contributed by atoms with Crippen LogP contribution < -0.4 is 5.32 Å². The number of non-ortho nitro benzene ring substituents is 1. The summed E-state index contributed by atoms with van der Waals surface area (Å²) in [4.78, 5) is 30.4. The second-order valence-electron chi connectivity index (χ2n) is 3.71. The lowest BCUT2D eigenvalue weighted by Crippen LogP contribution is -2.14. The summed E-state index contributed by atoms with van der Waals surface area (Å²) >= 11 is 9.50. The number of nitro groups is 1. The molecule has 1 heterocycles. The summed E-state index contributed by atoms with van der Waals surface area (Å²) in [6, 6.07) is 3.92. The van der Waals surface area contributed by atoms with Crippen LogP contribution in [0.3, 0.4) is 0 Å². The first kappa shape index (κ1) is 16.0. The first-order valence-corrected chi connectivity index (χ1v) is 7.69. The molecule has 1 amide bonds. The minimum absolute atomic E-state index is 0.126. The summed E-state index contributed by atoms with van der Waals surface area (Å²) in [6.45, 7) is 0. The molecule has 10 heteroatoms. The van der Waals surface area contributed by atoms with Gasteiger partial charge >= 0.3 is 0 Å². The molecule has 1 N–H and O–H groups in total. The van der Waals surface area contributed by atoms with Crippen molar-refractivity contribution < 1.29 is 9.72 Å². The van der Waals surface area contributed by atoms with E-state index in [1.165, 1.54) is 24.4 Å². The molecule has 0 radical (unpaired) electrons. The van der Waals surface area contributed by atoms with Crippen molar-refractivity contribution in [3.05, 3.63) is 53.8 Å². The second-order valence-corrected chi connectivity index (χ2v) is 6.13. The Morgan fingerprint density at radius 1 is 1.29 bits per heavy atom. The summed E-state index contributed by atoms with van der Waals surface area (Å²) in [7, 11) is 0. The molecule has 2 rings (SSSR count). The van der Waals surface area contributed by atoms with Crippen LogP contribution in [-0.2, 0) is 0 Å². The van der Waals surface area contributed by atoms with Gasteiger partial charge in [-0.3, -0.25) is 14.9 Å². The van der Waals surface area contributed by atoms with Crippen LogP contribution in [0.1, 0.15) is 10.4 Å². The fraction of sp³-hybridized carbons (Fsp3) is 0. The Bertz CT molecular complexity index is 739. The minimum atomic E-state index is -0.571. The third-order valence-electron chi connectivity index (χ3n) is 2.34. The molecule has 1 aromatic heterocycles. The van der Waals surface area contributed by atoms with Crippen LogP contribution in [0.25, 0.3) is 0 Å². The van der Waals surface area contributed by atoms with E-state index < -0.39 is 10.8 Å². The number of anilines is 1. The SMILES string of the molecule is O=C(Nc1ncc(Br)nc1Br)c1cc([N+](=O)[O-])ccc1Br. The average Bonchev–Trinajstić information content (AvgIpc) is 2.42. The van der Waals surface area contributed by atoms with Crippen molar-refractivity contribution in [2.75, 3.05) is 5.32 Å². The molecule has 0 spiro atoms. The number of carbonyl (C=O) groups is 1. The van der Waals surface area contributed by atoms with Crippen molar-refractivity contribution in [1.29, 1.82) is 0 Å². The Hall–Kier alpha value is -1.39. The molecule has 0 unspecified atom stereocenters. The molecular formula is C11H5Br3N4O3. The van der Waals surface area contributed by atoms with Crippen molar-refractivity contribution in [2.45, 2.75) is 0 Å². The second kappa shape index (κ2) is 6.58. The van der Waals surface area contributed by atoms with Gasteiger partial charge in [-0.15, -0.1) is 0 Å². The molecule has 2 aromatic rings. The zero-order valence-corrected chi connectivity index (χ0v) is 14.8.